The zero-order valence-corrected chi connectivity index (χ0v) is 8.36. The van der Waals surface area contributed by atoms with Gasteiger partial charge in [0.25, 0.3) is 0 Å². The number of rotatable bonds is 4. The molecule has 0 atom stereocenters. The Morgan fingerprint density at radius 2 is 2.36 bits per heavy atom. The lowest BCUT2D eigenvalue weighted by Gasteiger charge is -2.07. The fourth-order valence-corrected chi connectivity index (χ4v) is 1.34. The van der Waals surface area contributed by atoms with Crippen LogP contribution in [-0.4, -0.2) is 16.7 Å². The lowest BCUT2D eigenvalue weighted by atomic mass is 10.2. The Morgan fingerprint density at radius 3 is 2.93 bits per heavy atom. The van der Waals surface area contributed by atoms with Crippen LogP contribution in [0.25, 0.3) is 0 Å². The Kier molecular flexibility index (Phi) is 2.68. The Hall–Kier alpha value is -1.09. The van der Waals surface area contributed by atoms with Crippen molar-refractivity contribution in [3.05, 3.63) is 23.4 Å². The van der Waals surface area contributed by atoms with Gasteiger partial charge in [-0.25, -0.2) is 4.98 Å². The molecule has 0 bridgehead atoms. The van der Waals surface area contributed by atoms with E-state index >= 15 is 0 Å². The van der Waals surface area contributed by atoms with Gasteiger partial charge in [-0.15, -0.1) is 0 Å². The molecule has 1 aliphatic rings. The fraction of sp³-hybridized carbons (Fsp3) is 0.545. The summed E-state index contributed by atoms with van der Waals surface area (Å²) in [6.45, 7) is 2.78. The van der Waals surface area contributed by atoms with Gasteiger partial charge in [0.05, 0.1) is 13.2 Å². The van der Waals surface area contributed by atoms with Crippen molar-refractivity contribution in [2.45, 2.75) is 26.4 Å². The van der Waals surface area contributed by atoms with Crippen molar-refractivity contribution in [1.29, 1.82) is 0 Å². The number of aromatic nitrogens is 1. The van der Waals surface area contributed by atoms with E-state index in [4.69, 9.17) is 9.84 Å². The summed E-state index contributed by atoms with van der Waals surface area (Å²) in [6, 6.07) is 1.91. The molecule has 3 nitrogen and oxygen atoms in total. The smallest absolute Gasteiger partial charge is 0.216 e. The molecule has 0 unspecified atom stereocenters. The van der Waals surface area contributed by atoms with E-state index in [1.165, 1.54) is 12.8 Å². The first kappa shape index (κ1) is 9.46. The van der Waals surface area contributed by atoms with Crippen molar-refractivity contribution in [3.63, 3.8) is 0 Å². The highest BCUT2D eigenvalue weighted by Gasteiger charge is 2.22. The maximum Gasteiger partial charge on any atom is 0.216 e. The van der Waals surface area contributed by atoms with Crippen LogP contribution in [0.2, 0.25) is 0 Å². The average molecular weight is 193 g/mol. The van der Waals surface area contributed by atoms with Gasteiger partial charge < -0.3 is 9.84 Å². The van der Waals surface area contributed by atoms with Crippen molar-refractivity contribution >= 4 is 0 Å². The van der Waals surface area contributed by atoms with Gasteiger partial charge in [0.15, 0.2) is 0 Å². The fourth-order valence-electron chi connectivity index (χ4n) is 1.34. The van der Waals surface area contributed by atoms with E-state index in [9.17, 15) is 0 Å². The van der Waals surface area contributed by atoms with E-state index in [0.717, 1.165) is 23.7 Å². The number of aliphatic hydroxyl groups excluding tert-OH is 1. The minimum absolute atomic E-state index is 0.0384. The van der Waals surface area contributed by atoms with Crippen LogP contribution in [0.4, 0.5) is 0 Å². The van der Waals surface area contributed by atoms with Crippen molar-refractivity contribution in [3.8, 4) is 5.88 Å². The van der Waals surface area contributed by atoms with Gasteiger partial charge in [-0.05, 0) is 37.3 Å². The van der Waals surface area contributed by atoms with Crippen molar-refractivity contribution < 1.29 is 9.84 Å². The molecule has 1 aromatic heterocycles. The molecule has 1 fully saturated rings. The van der Waals surface area contributed by atoms with E-state index in [0.29, 0.717) is 5.88 Å². The average Bonchev–Trinajstić information content (AvgIpc) is 2.99. The number of aryl methyl sites for hydroxylation is 1. The third-order valence-corrected chi connectivity index (χ3v) is 2.42. The van der Waals surface area contributed by atoms with Crippen molar-refractivity contribution in [2.75, 3.05) is 6.61 Å². The van der Waals surface area contributed by atoms with E-state index < -0.39 is 0 Å². The molecule has 1 saturated carbocycles. The van der Waals surface area contributed by atoms with Gasteiger partial charge in [0, 0.05) is 11.8 Å². The van der Waals surface area contributed by atoms with Gasteiger partial charge in [-0.1, -0.05) is 0 Å². The molecule has 0 amide bonds. The number of aliphatic hydroxyl groups is 1. The van der Waals surface area contributed by atoms with Crippen LogP contribution >= 0.6 is 0 Å². The lowest BCUT2D eigenvalue weighted by Crippen LogP contribution is -2.02. The van der Waals surface area contributed by atoms with Gasteiger partial charge in [-0.3, -0.25) is 0 Å². The number of ether oxygens (including phenoxy) is 1. The molecule has 0 saturated heterocycles. The standard InChI is InChI=1S/C11H15NO2/c1-8-4-10(6-13)5-12-11(8)14-7-9-2-3-9/h4-5,9,13H,2-3,6-7H2,1H3. The summed E-state index contributed by atoms with van der Waals surface area (Å²) in [7, 11) is 0. The van der Waals surface area contributed by atoms with Crippen molar-refractivity contribution in [1.82, 2.24) is 4.98 Å². The van der Waals surface area contributed by atoms with Crippen LogP contribution in [0.1, 0.15) is 24.0 Å². The Morgan fingerprint density at radius 1 is 1.57 bits per heavy atom. The van der Waals surface area contributed by atoms with Gasteiger partial charge in [0.1, 0.15) is 0 Å². The first-order chi connectivity index (χ1) is 6.79. The van der Waals surface area contributed by atoms with Gasteiger partial charge in [-0.2, -0.15) is 0 Å². The molecule has 3 heteroatoms. The monoisotopic (exact) mass is 193 g/mol. The van der Waals surface area contributed by atoms with E-state index in [2.05, 4.69) is 4.98 Å². The van der Waals surface area contributed by atoms with Crippen LogP contribution < -0.4 is 4.74 Å². The summed E-state index contributed by atoms with van der Waals surface area (Å²) in [6.07, 6.45) is 4.23. The number of pyridine rings is 1. The first-order valence-corrected chi connectivity index (χ1v) is 4.99. The van der Waals surface area contributed by atoms with Crippen LogP contribution in [-0.2, 0) is 6.61 Å². The molecule has 1 heterocycles. The summed E-state index contributed by atoms with van der Waals surface area (Å²) >= 11 is 0. The van der Waals surface area contributed by atoms with E-state index in [1.54, 1.807) is 6.20 Å². The normalized spacial score (nSPS) is 15.6. The zero-order chi connectivity index (χ0) is 9.97. The predicted molar refractivity (Wildman–Crippen MR) is 53.1 cm³/mol. The molecular weight excluding hydrogens is 178 g/mol. The molecule has 1 aliphatic carbocycles. The minimum Gasteiger partial charge on any atom is -0.477 e. The Bertz CT molecular complexity index is 321. The second-order valence-corrected chi connectivity index (χ2v) is 3.88. The summed E-state index contributed by atoms with van der Waals surface area (Å²) in [5.74, 6) is 1.45. The first-order valence-electron chi connectivity index (χ1n) is 4.99. The van der Waals surface area contributed by atoms with Crippen LogP contribution in [0, 0.1) is 12.8 Å². The summed E-state index contributed by atoms with van der Waals surface area (Å²) in [5.41, 5.74) is 1.83. The SMILES string of the molecule is Cc1cc(CO)cnc1OCC1CC1. The highest BCUT2D eigenvalue weighted by Crippen LogP contribution is 2.29. The maximum atomic E-state index is 8.90. The third kappa shape index (κ3) is 2.23. The molecule has 1 N–H and O–H groups in total. The molecule has 14 heavy (non-hydrogen) atoms. The second-order valence-electron chi connectivity index (χ2n) is 3.88. The van der Waals surface area contributed by atoms with Gasteiger partial charge >= 0.3 is 0 Å². The second kappa shape index (κ2) is 3.96. The summed E-state index contributed by atoms with van der Waals surface area (Å²) < 4.78 is 5.57. The number of nitrogens with zero attached hydrogens (tertiary/aromatic N) is 1. The van der Waals surface area contributed by atoms with Gasteiger partial charge in [0.2, 0.25) is 5.88 Å². The quantitative estimate of drug-likeness (QED) is 0.791. The van der Waals surface area contributed by atoms with E-state index in [-0.39, 0.29) is 6.61 Å². The molecule has 0 aromatic carbocycles. The largest absolute Gasteiger partial charge is 0.477 e. The lowest BCUT2D eigenvalue weighted by molar-refractivity contribution is 0.276. The van der Waals surface area contributed by atoms with E-state index in [1.807, 2.05) is 13.0 Å². The summed E-state index contributed by atoms with van der Waals surface area (Å²) in [5, 5.41) is 8.90. The molecule has 76 valence electrons. The maximum absolute atomic E-state index is 8.90. The van der Waals surface area contributed by atoms with Crippen LogP contribution in [0.3, 0.4) is 0 Å². The molecule has 2 rings (SSSR count). The predicted octanol–water partition coefficient (Wildman–Crippen LogP) is 1.67. The van der Waals surface area contributed by atoms with Crippen LogP contribution in [0.15, 0.2) is 12.3 Å². The molecular formula is C11H15NO2. The van der Waals surface area contributed by atoms with Crippen molar-refractivity contribution in [2.24, 2.45) is 5.92 Å². The molecule has 1 aromatic rings. The topological polar surface area (TPSA) is 42.4 Å². The number of hydrogen-bond acceptors (Lipinski definition) is 3. The third-order valence-electron chi connectivity index (χ3n) is 2.42. The Labute approximate surface area is 83.7 Å². The summed E-state index contributed by atoms with van der Waals surface area (Å²) in [4.78, 5) is 4.17. The molecule has 0 radical (unpaired) electrons. The molecule has 0 spiro atoms. The van der Waals surface area contributed by atoms with Crippen LogP contribution in [0.5, 0.6) is 5.88 Å². The highest BCUT2D eigenvalue weighted by molar-refractivity contribution is 5.28. The minimum atomic E-state index is 0.0384. The number of hydrogen-bond donors (Lipinski definition) is 1. The molecule has 0 aliphatic heterocycles. The zero-order valence-electron chi connectivity index (χ0n) is 8.36. The highest BCUT2D eigenvalue weighted by atomic mass is 16.5. The Balaban J connectivity index is 2.01.